The highest BCUT2D eigenvalue weighted by Crippen LogP contribution is 2.35. The first-order chi connectivity index (χ1) is 15.7. The molecule has 7 heteroatoms. The Morgan fingerprint density at radius 1 is 1.09 bits per heavy atom. The van der Waals surface area contributed by atoms with Crippen LogP contribution in [0, 0.1) is 0 Å². The van der Waals surface area contributed by atoms with Crippen LogP contribution in [0.4, 0.5) is 0 Å². The van der Waals surface area contributed by atoms with Gasteiger partial charge in [0.2, 0.25) is 5.91 Å². The van der Waals surface area contributed by atoms with Gasteiger partial charge in [-0.25, -0.2) is 0 Å². The summed E-state index contributed by atoms with van der Waals surface area (Å²) in [6.45, 7) is 6.16. The number of nitrogens with one attached hydrogen (secondary N) is 1. The number of hydrogen-bond acceptors (Lipinski definition) is 6. The van der Waals surface area contributed by atoms with Gasteiger partial charge < -0.3 is 29.0 Å². The number of ether oxygens (including phenoxy) is 5. The van der Waals surface area contributed by atoms with E-state index in [1.807, 2.05) is 60.7 Å². The highest BCUT2D eigenvalue weighted by atomic mass is 16.7. The molecule has 32 heavy (non-hydrogen) atoms. The van der Waals surface area contributed by atoms with Crippen LogP contribution in [-0.2, 0) is 35.1 Å². The summed E-state index contributed by atoms with van der Waals surface area (Å²) in [5.74, 6) is -0.204. The summed E-state index contributed by atoms with van der Waals surface area (Å²) >= 11 is 0. The van der Waals surface area contributed by atoms with Crippen LogP contribution in [0.25, 0.3) is 0 Å². The van der Waals surface area contributed by atoms with E-state index >= 15 is 0 Å². The number of fused-ring (bicyclic) bond motifs is 1. The molecule has 7 nitrogen and oxygen atoms in total. The second-order valence-electron chi connectivity index (χ2n) is 7.83. The molecule has 2 fully saturated rings. The maximum atomic E-state index is 12.0. The van der Waals surface area contributed by atoms with Crippen LogP contribution in [-0.4, -0.2) is 49.8 Å². The average Bonchev–Trinajstić information content (AvgIpc) is 2.82. The minimum atomic E-state index is -0.726. The Balaban J connectivity index is 1.55. The molecule has 2 aliphatic heterocycles. The van der Waals surface area contributed by atoms with Crippen molar-refractivity contribution in [3.05, 3.63) is 84.4 Å². The molecule has 2 aromatic rings. The van der Waals surface area contributed by atoms with E-state index in [1.165, 1.54) is 6.92 Å². The molecule has 0 bridgehead atoms. The van der Waals surface area contributed by atoms with Gasteiger partial charge in [0, 0.05) is 12.5 Å². The van der Waals surface area contributed by atoms with Crippen LogP contribution in [0.2, 0.25) is 0 Å². The zero-order chi connectivity index (χ0) is 22.3. The second kappa shape index (κ2) is 10.8. The summed E-state index contributed by atoms with van der Waals surface area (Å²) in [4.78, 5) is 12.0. The maximum Gasteiger partial charge on any atom is 0.217 e. The van der Waals surface area contributed by atoms with E-state index in [2.05, 4.69) is 11.9 Å². The SMILES string of the molecule is C=CCO[C@H]1[C@H](NC(C)=O)[C@H](OCc2ccccc2)O[C@H]2CO[C@H](c3ccccc3)O[C@@H]12. The third-order valence-electron chi connectivity index (χ3n) is 5.44. The van der Waals surface area contributed by atoms with Crippen molar-refractivity contribution in [1.29, 1.82) is 0 Å². The van der Waals surface area contributed by atoms with Gasteiger partial charge in [-0.1, -0.05) is 66.7 Å². The van der Waals surface area contributed by atoms with Crippen molar-refractivity contribution >= 4 is 5.91 Å². The molecule has 0 saturated carbocycles. The van der Waals surface area contributed by atoms with Crippen molar-refractivity contribution < 1.29 is 28.5 Å². The van der Waals surface area contributed by atoms with Gasteiger partial charge in [-0.05, 0) is 5.56 Å². The maximum absolute atomic E-state index is 12.0. The predicted molar refractivity (Wildman–Crippen MR) is 117 cm³/mol. The minimum Gasteiger partial charge on any atom is -0.369 e. The number of carbonyl (C=O) groups is 1. The molecule has 0 unspecified atom stereocenters. The predicted octanol–water partition coefficient (Wildman–Crippen LogP) is 3.12. The molecule has 0 aliphatic carbocycles. The van der Waals surface area contributed by atoms with Crippen molar-refractivity contribution in [2.24, 2.45) is 0 Å². The Bertz CT molecular complexity index is 877. The minimum absolute atomic E-state index is 0.204. The third-order valence-corrected chi connectivity index (χ3v) is 5.44. The van der Waals surface area contributed by atoms with Gasteiger partial charge in [-0.15, -0.1) is 6.58 Å². The zero-order valence-electron chi connectivity index (χ0n) is 18.1. The van der Waals surface area contributed by atoms with Crippen molar-refractivity contribution in [3.63, 3.8) is 0 Å². The molecule has 2 saturated heterocycles. The van der Waals surface area contributed by atoms with Crippen LogP contribution in [0.5, 0.6) is 0 Å². The van der Waals surface area contributed by atoms with E-state index in [-0.39, 0.29) is 5.91 Å². The lowest BCUT2D eigenvalue weighted by atomic mass is 9.95. The Morgan fingerprint density at radius 2 is 1.81 bits per heavy atom. The number of amides is 1. The van der Waals surface area contributed by atoms with E-state index in [1.54, 1.807) is 6.08 Å². The Morgan fingerprint density at radius 3 is 2.50 bits per heavy atom. The molecular formula is C25H29NO6. The zero-order valence-corrected chi connectivity index (χ0v) is 18.1. The van der Waals surface area contributed by atoms with Crippen molar-refractivity contribution in [2.45, 2.75) is 50.5 Å². The van der Waals surface area contributed by atoms with Gasteiger partial charge >= 0.3 is 0 Å². The first-order valence-electron chi connectivity index (χ1n) is 10.8. The molecule has 1 N–H and O–H groups in total. The summed E-state index contributed by atoms with van der Waals surface area (Å²) in [7, 11) is 0. The second-order valence-corrected chi connectivity index (χ2v) is 7.83. The average molecular weight is 440 g/mol. The summed E-state index contributed by atoms with van der Waals surface area (Å²) in [5, 5.41) is 2.95. The van der Waals surface area contributed by atoms with E-state index in [9.17, 15) is 4.79 Å². The first-order valence-corrected chi connectivity index (χ1v) is 10.8. The first kappa shape index (κ1) is 22.6. The van der Waals surface area contributed by atoms with Gasteiger partial charge in [0.05, 0.1) is 19.8 Å². The van der Waals surface area contributed by atoms with Crippen molar-refractivity contribution in [2.75, 3.05) is 13.2 Å². The number of rotatable bonds is 8. The summed E-state index contributed by atoms with van der Waals surface area (Å²) in [6.07, 6.45) is -0.973. The van der Waals surface area contributed by atoms with Gasteiger partial charge in [-0.2, -0.15) is 0 Å². The lowest BCUT2D eigenvalue weighted by Gasteiger charge is -2.49. The van der Waals surface area contributed by atoms with E-state index < -0.39 is 36.9 Å². The quantitative estimate of drug-likeness (QED) is 0.637. The normalized spacial score (nSPS) is 29.7. The standard InChI is InChI=1S/C25H29NO6/c1-3-14-28-23-21(26-17(2)27)25(29-15-18-10-6-4-7-11-18)31-20-16-30-24(32-22(20)23)19-12-8-5-9-13-19/h3-13,20-25H,1,14-16H2,2H3,(H,26,27)/t20-,21-,22+,23-,24-,25+/m0/s1. The molecule has 0 radical (unpaired) electrons. The van der Waals surface area contributed by atoms with Gasteiger partial charge in [0.15, 0.2) is 12.6 Å². The van der Waals surface area contributed by atoms with Crippen molar-refractivity contribution in [1.82, 2.24) is 5.32 Å². The number of hydrogen-bond donors (Lipinski definition) is 1. The molecule has 0 aromatic heterocycles. The van der Waals surface area contributed by atoms with Crippen LogP contribution in [0.3, 0.4) is 0 Å². The van der Waals surface area contributed by atoms with E-state index in [0.717, 1.165) is 11.1 Å². The monoisotopic (exact) mass is 439 g/mol. The van der Waals surface area contributed by atoms with Crippen LogP contribution < -0.4 is 5.32 Å². The molecule has 2 aliphatic rings. The summed E-state index contributed by atoms with van der Waals surface area (Å²) in [6, 6.07) is 18.9. The van der Waals surface area contributed by atoms with Crippen LogP contribution in [0.1, 0.15) is 24.3 Å². The van der Waals surface area contributed by atoms with E-state index in [0.29, 0.717) is 19.8 Å². The summed E-state index contributed by atoms with van der Waals surface area (Å²) in [5.41, 5.74) is 1.91. The largest absolute Gasteiger partial charge is 0.369 e. The van der Waals surface area contributed by atoms with E-state index in [4.69, 9.17) is 23.7 Å². The summed E-state index contributed by atoms with van der Waals surface area (Å²) < 4.78 is 30.7. The fraction of sp³-hybridized carbons (Fsp3) is 0.400. The fourth-order valence-electron chi connectivity index (χ4n) is 4.01. The highest BCUT2D eigenvalue weighted by Gasteiger charge is 2.51. The molecule has 6 atom stereocenters. The smallest absolute Gasteiger partial charge is 0.217 e. The van der Waals surface area contributed by atoms with Crippen LogP contribution in [0.15, 0.2) is 73.3 Å². The number of carbonyl (C=O) groups excluding carboxylic acids is 1. The molecule has 1 amide bonds. The molecule has 2 aromatic carbocycles. The molecule has 170 valence electrons. The fourth-order valence-corrected chi connectivity index (χ4v) is 4.01. The van der Waals surface area contributed by atoms with Crippen LogP contribution >= 0.6 is 0 Å². The molecule has 2 heterocycles. The van der Waals surface area contributed by atoms with Gasteiger partial charge in [-0.3, -0.25) is 4.79 Å². The lowest BCUT2D eigenvalue weighted by molar-refractivity contribution is -0.349. The Kier molecular flexibility index (Phi) is 7.68. The van der Waals surface area contributed by atoms with Gasteiger partial charge in [0.1, 0.15) is 24.4 Å². The topological polar surface area (TPSA) is 75.3 Å². The Hall–Kier alpha value is -2.55. The van der Waals surface area contributed by atoms with Gasteiger partial charge in [0.25, 0.3) is 0 Å². The number of benzene rings is 2. The molecule has 4 rings (SSSR count). The van der Waals surface area contributed by atoms with Crippen molar-refractivity contribution in [3.8, 4) is 0 Å². The Labute approximate surface area is 188 Å². The molecule has 0 spiro atoms. The third kappa shape index (κ3) is 5.43. The lowest BCUT2D eigenvalue weighted by Crippen LogP contribution is -2.67. The highest BCUT2D eigenvalue weighted by molar-refractivity contribution is 5.73. The molecular weight excluding hydrogens is 410 g/mol.